The topological polar surface area (TPSA) is 38.3 Å². The number of cyclic esters (lactones) is 1. The van der Waals surface area contributed by atoms with Crippen LogP contribution in [0.2, 0.25) is 0 Å². The van der Waals surface area contributed by atoms with E-state index < -0.39 is 5.60 Å². The van der Waals surface area contributed by atoms with Crippen molar-refractivity contribution in [2.24, 2.45) is 23.2 Å². The Labute approximate surface area is 137 Å². The molecule has 4 saturated carbocycles. The van der Waals surface area contributed by atoms with Gasteiger partial charge in [0.25, 0.3) is 0 Å². The Balaban J connectivity index is 1.50. The minimum atomic E-state index is -0.454. The summed E-state index contributed by atoms with van der Waals surface area (Å²) in [5.41, 5.74) is 1.11. The van der Waals surface area contributed by atoms with Gasteiger partial charge in [-0.2, -0.15) is 0 Å². The SMILES string of the molecule is O=C1NCC(CC23CC4CC(CC(C4)C2)C3)(c2ccccc2)O1. The zero-order chi connectivity index (χ0) is 15.5. The number of benzene rings is 1. The largest absolute Gasteiger partial charge is 0.436 e. The van der Waals surface area contributed by atoms with E-state index in [0.29, 0.717) is 12.0 Å². The summed E-state index contributed by atoms with van der Waals surface area (Å²) in [7, 11) is 0. The second-order valence-electron chi connectivity index (χ2n) is 8.70. The fraction of sp³-hybridized carbons (Fsp3) is 0.650. The number of carbonyl (C=O) groups excluding carboxylic acids is 1. The van der Waals surface area contributed by atoms with Crippen LogP contribution in [0.5, 0.6) is 0 Å². The third kappa shape index (κ3) is 2.20. The first-order valence-corrected chi connectivity index (χ1v) is 9.17. The van der Waals surface area contributed by atoms with Crippen LogP contribution in [-0.4, -0.2) is 12.6 Å². The summed E-state index contributed by atoms with van der Waals surface area (Å²) in [4.78, 5) is 11.9. The Morgan fingerprint density at radius 3 is 2.13 bits per heavy atom. The van der Waals surface area contributed by atoms with Gasteiger partial charge < -0.3 is 10.1 Å². The fourth-order valence-electron chi connectivity index (χ4n) is 6.68. The molecule has 1 heterocycles. The maximum Gasteiger partial charge on any atom is 0.408 e. The summed E-state index contributed by atoms with van der Waals surface area (Å²) in [5, 5.41) is 2.93. The molecule has 122 valence electrons. The fourth-order valence-corrected chi connectivity index (χ4v) is 6.68. The standard InChI is InChI=1S/C20H25NO2/c22-18-21-13-20(23-18,17-4-2-1-3-5-17)12-19-9-14-6-15(10-19)8-16(7-14)11-19/h1-5,14-16H,6-13H2,(H,21,22). The smallest absolute Gasteiger partial charge is 0.408 e. The van der Waals surface area contributed by atoms with Crippen molar-refractivity contribution in [1.29, 1.82) is 0 Å². The molecule has 1 aliphatic heterocycles. The highest BCUT2D eigenvalue weighted by Gasteiger charge is 2.56. The van der Waals surface area contributed by atoms with Crippen LogP contribution >= 0.6 is 0 Å². The van der Waals surface area contributed by atoms with Gasteiger partial charge in [0, 0.05) is 0 Å². The van der Waals surface area contributed by atoms with Gasteiger partial charge in [-0.25, -0.2) is 4.79 Å². The number of carbonyl (C=O) groups is 1. The van der Waals surface area contributed by atoms with Gasteiger partial charge in [0.15, 0.2) is 5.60 Å². The van der Waals surface area contributed by atoms with Crippen molar-refractivity contribution in [3.05, 3.63) is 35.9 Å². The van der Waals surface area contributed by atoms with Gasteiger partial charge in [0.2, 0.25) is 0 Å². The summed E-state index contributed by atoms with van der Waals surface area (Å²) in [6, 6.07) is 10.4. The van der Waals surface area contributed by atoms with E-state index in [-0.39, 0.29) is 6.09 Å². The van der Waals surface area contributed by atoms with Crippen LogP contribution in [0.4, 0.5) is 4.79 Å². The second kappa shape index (κ2) is 4.75. The molecule has 5 aliphatic rings. The highest BCUT2D eigenvalue weighted by molar-refractivity contribution is 5.70. The summed E-state index contributed by atoms with van der Waals surface area (Å²) >= 11 is 0. The molecular formula is C20H25NO2. The molecule has 3 heteroatoms. The van der Waals surface area contributed by atoms with Crippen molar-refractivity contribution < 1.29 is 9.53 Å². The molecule has 3 nitrogen and oxygen atoms in total. The van der Waals surface area contributed by atoms with Crippen LogP contribution < -0.4 is 5.32 Å². The molecule has 1 N–H and O–H groups in total. The Bertz CT molecular complexity index is 591. The quantitative estimate of drug-likeness (QED) is 0.907. The van der Waals surface area contributed by atoms with E-state index in [4.69, 9.17) is 4.74 Å². The monoisotopic (exact) mass is 311 g/mol. The van der Waals surface area contributed by atoms with Crippen molar-refractivity contribution in [2.45, 2.75) is 50.5 Å². The summed E-state index contributed by atoms with van der Waals surface area (Å²) in [6.07, 6.45) is 9.17. The van der Waals surface area contributed by atoms with E-state index in [1.165, 1.54) is 38.5 Å². The zero-order valence-corrected chi connectivity index (χ0v) is 13.6. The molecule has 1 unspecified atom stereocenters. The average molecular weight is 311 g/mol. The molecule has 0 radical (unpaired) electrons. The Morgan fingerprint density at radius 2 is 1.61 bits per heavy atom. The highest BCUT2D eigenvalue weighted by atomic mass is 16.6. The van der Waals surface area contributed by atoms with Gasteiger partial charge in [-0.15, -0.1) is 0 Å². The molecule has 1 atom stereocenters. The maximum absolute atomic E-state index is 11.9. The molecule has 4 aliphatic carbocycles. The normalized spacial score (nSPS) is 44.2. The zero-order valence-electron chi connectivity index (χ0n) is 13.6. The number of hydrogen-bond donors (Lipinski definition) is 1. The van der Waals surface area contributed by atoms with Gasteiger partial charge in [-0.05, 0) is 73.7 Å². The lowest BCUT2D eigenvalue weighted by molar-refractivity contribution is -0.0965. The molecule has 23 heavy (non-hydrogen) atoms. The van der Waals surface area contributed by atoms with Crippen LogP contribution in [0.3, 0.4) is 0 Å². The summed E-state index contributed by atoms with van der Waals surface area (Å²) in [5.74, 6) is 2.79. The van der Waals surface area contributed by atoms with Crippen LogP contribution in [-0.2, 0) is 10.3 Å². The molecule has 1 aromatic carbocycles. The lowest BCUT2D eigenvalue weighted by atomic mass is 9.47. The van der Waals surface area contributed by atoms with E-state index in [0.717, 1.165) is 29.7 Å². The van der Waals surface area contributed by atoms with Crippen LogP contribution in [0, 0.1) is 23.2 Å². The van der Waals surface area contributed by atoms with Crippen molar-refractivity contribution in [2.75, 3.05) is 6.54 Å². The van der Waals surface area contributed by atoms with Crippen LogP contribution in [0.25, 0.3) is 0 Å². The van der Waals surface area contributed by atoms with Gasteiger partial charge in [-0.1, -0.05) is 30.3 Å². The minimum Gasteiger partial charge on any atom is -0.436 e. The van der Waals surface area contributed by atoms with Crippen LogP contribution in [0.1, 0.15) is 50.5 Å². The number of amides is 1. The van der Waals surface area contributed by atoms with Crippen molar-refractivity contribution in [3.8, 4) is 0 Å². The molecule has 1 amide bonds. The molecule has 4 bridgehead atoms. The highest BCUT2D eigenvalue weighted by Crippen LogP contribution is 2.63. The van der Waals surface area contributed by atoms with E-state index >= 15 is 0 Å². The van der Waals surface area contributed by atoms with E-state index in [9.17, 15) is 4.79 Å². The van der Waals surface area contributed by atoms with Crippen molar-refractivity contribution in [1.82, 2.24) is 5.32 Å². The third-order valence-electron chi connectivity index (χ3n) is 6.93. The Hall–Kier alpha value is -1.51. The maximum atomic E-state index is 11.9. The predicted octanol–water partition coefficient (Wildman–Crippen LogP) is 4.23. The molecule has 0 spiro atoms. The molecule has 0 aromatic heterocycles. The first-order valence-electron chi connectivity index (χ1n) is 9.17. The van der Waals surface area contributed by atoms with Gasteiger partial charge in [-0.3, -0.25) is 0 Å². The number of ether oxygens (including phenoxy) is 1. The van der Waals surface area contributed by atoms with Gasteiger partial charge in [0.05, 0.1) is 6.54 Å². The van der Waals surface area contributed by atoms with Crippen LogP contribution in [0.15, 0.2) is 30.3 Å². The first kappa shape index (κ1) is 13.9. The number of rotatable bonds is 3. The first-order chi connectivity index (χ1) is 11.1. The molecule has 5 fully saturated rings. The Kier molecular flexibility index (Phi) is 2.87. The van der Waals surface area contributed by atoms with E-state index in [2.05, 4.69) is 29.6 Å². The predicted molar refractivity (Wildman–Crippen MR) is 87.8 cm³/mol. The molecular weight excluding hydrogens is 286 g/mol. The van der Waals surface area contributed by atoms with Crippen molar-refractivity contribution in [3.63, 3.8) is 0 Å². The number of hydrogen-bond acceptors (Lipinski definition) is 2. The summed E-state index contributed by atoms with van der Waals surface area (Å²) in [6.45, 7) is 0.623. The Morgan fingerprint density at radius 1 is 1.00 bits per heavy atom. The van der Waals surface area contributed by atoms with Gasteiger partial charge in [0.1, 0.15) is 0 Å². The van der Waals surface area contributed by atoms with Crippen molar-refractivity contribution >= 4 is 6.09 Å². The third-order valence-corrected chi connectivity index (χ3v) is 6.93. The average Bonchev–Trinajstić information content (AvgIpc) is 2.88. The molecule has 1 saturated heterocycles. The molecule has 1 aromatic rings. The number of alkyl carbamates (subject to hydrolysis) is 1. The summed E-state index contributed by atoms with van der Waals surface area (Å²) < 4.78 is 5.92. The van der Waals surface area contributed by atoms with E-state index in [1.54, 1.807) is 0 Å². The minimum absolute atomic E-state index is 0.251. The lowest BCUT2D eigenvalue weighted by Crippen LogP contribution is -2.49. The lowest BCUT2D eigenvalue weighted by Gasteiger charge is -2.58. The second-order valence-corrected chi connectivity index (χ2v) is 8.70. The molecule has 6 rings (SSSR count). The number of nitrogens with one attached hydrogen (secondary N) is 1. The van der Waals surface area contributed by atoms with Gasteiger partial charge >= 0.3 is 6.09 Å². The van der Waals surface area contributed by atoms with E-state index in [1.807, 2.05) is 6.07 Å².